The average molecular weight is 460 g/mol. The highest BCUT2D eigenvalue weighted by molar-refractivity contribution is 7.89. The van der Waals surface area contributed by atoms with E-state index in [0.717, 1.165) is 11.1 Å². The summed E-state index contributed by atoms with van der Waals surface area (Å²) in [6.45, 7) is 0.559. The van der Waals surface area contributed by atoms with Gasteiger partial charge in [0.2, 0.25) is 15.9 Å². The summed E-state index contributed by atoms with van der Waals surface area (Å²) in [6.07, 6.45) is 0.912. The van der Waals surface area contributed by atoms with E-state index in [2.05, 4.69) is 5.32 Å². The molecule has 1 aliphatic heterocycles. The molecule has 6 nitrogen and oxygen atoms in total. The van der Waals surface area contributed by atoms with Crippen LogP contribution in [0.3, 0.4) is 0 Å². The summed E-state index contributed by atoms with van der Waals surface area (Å²) in [5.74, 6) is -0.324. The van der Waals surface area contributed by atoms with Crippen LogP contribution in [0.4, 0.5) is 0 Å². The lowest BCUT2D eigenvalue weighted by Gasteiger charge is -2.31. The van der Waals surface area contributed by atoms with E-state index in [1.807, 2.05) is 66.7 Å². The molecule has 1 amide bonds. The summed E-state index contributed by atoms with van der Waals surface area (Å²) in [5.41, 5.74) is 2.41. The van der Waals surface area contributed by atoms with Gasteiger partial charge in [0, 0.05) is 19.0 Å². The van der Waals surface area contributed by atoms with Crippen LogP contribution < -0.4 is 5.32 Å². The Hall–Kier alpha value is -3.47. The number of nitrogens with zero attached hydrogens (tertiary/aromatic N) is 2. The van der Waals surface area contributed by atoms with Crippen LogP contribution in [0.1, 0.15) is 35.6 Å². The lowest BCUT2D eigenvalue weighted by atomic mass is 9.94. The molecule has 1 N–H and O–H groups in total. The molecule has 0 spiro atoms. The lowest BCUT2D eigenvalue weighted by Crippen LogP contribution is -2.43. The number of sulfonamides is 1. The summed E-state index contributed by atoms with van der Waals surface area (Å²) in [4.78, 5) is 13.3. The van der Waals surface area contributed by atoms with E-state index in [-0.39, 0.29) is 35.9 Å². The highest BCUT2D eigenvalue weighted by Crippen LogP contribution is 2.27. The highest BCUT2D eigenvalue weighted by Gasteiger charge is 2.33. The van der Waals surface area contributed by atoms with E-state index in [4.69, 9.17) is 5.26 Å². The first-order valence-electron chi connectivity index (χ1n) is 10.9. The van der Waals surface area contributed by atoms with Crippen molar-refractivity contribution in [1.29, 1.82) is 5.26 Å². The third-order valence-electron chi connectivity index (χ3n) is 6.00. The van der Waals surface area contributed by atoms with Crippen molar-refractivity contribution in [3.05, 3.63) is 102 Å². The van der Waals surface area contributed by atoms with Gasteiger partial charge in [-0.25, -0.2) is 8.42 Å². The Morgan fingerprint density at radius 1 is 0.879 bits per heavy atom. The average Bonchev–Trinajstić information content (AvgIpc) is 2.88. The fourth-order valence-electron chi connectivity index (χ4n) is 4.12. The number of benzene rings is 3. The van der Waals surface area contributed by atoms with Gasteiger partial charge in [-0.15, -0.1) is 0 Å². The van der Waals surface area contributed by atoms with Gasteiger partial charge in [-0.2, -0.15) is 9.57 Å². The molecule has 1 saturated heterocycles. The summed E-state index contributed by atoms with van der Waals surface area (Å²) < 4.78 is 27.3. The molecule has 168 valence electrons. The second-order valence-electron chi connectivity index (χ2n) is 8.08. The SMILES string of the molecule is N#Cc1ccc(S(=O)(=O)N2CCC(C(=O)NC(c3ccccc3)c3ccccc3)CC2)cc1. The number of piperidine rings is 1. The molecule has 0 bridgehead atoms. The maximum Gasteiger partial charge on any atom is 0.243 e. The maximum atomic E-state index is 13.1. The Kier molecular flexibility index (Phi) is 6.87. The fourth-order valence-corrected chi connectivity index (χ4v) is 5.59. The summed E-state index contributed by atoms with van der Waals surface area (Å²) >= 11 is 0. The number of carbonyl (C=O) groups is 1. The molecule has 33 heavy (non-hydrogen) atoms. The Bertz CT molecular complexity index is 1190. The Balaban J connectivity index is 1.43. The largest absolute Gasteiger partial charge is 0.345 e. The first-order chi connectivity index (χ1) is 16.0. The number of nitriles is 1. The van der Waals surface area contributed by atoms with E-state index in [9.17, 15) is 13.2 Å². The van der Waals surface area contributed by atoms with Crippen LogP contribution in [-0.4, -0.2) is 31.7 Å². The zero-order valence-electron chi connectivity index (χ0n) is 18.1. The van der Waals surface area contributed by atoms with Crippen LogP contribution in [0.2, 0.25) is 0 Å². The molecule has 3 aromatic rings. The van der Waals surface area contributed by atoms with E-state index in [1.54, 1.807) is 0 Å². The van der Waals surface area contributed by atoms with Crippen LogP contribution >= 0.6 is 0 Å². The minimum absolute atomic E-state index is 0.0665. The fraction of sp³-hybridized carbons (Fsp3) is 0.231. The highest BCUT2D eigenvalue weighted by atomic mass is 32.2. The van der Waals surface area contributed by atoms with Crippen LogP contribution in [0.15, 0.2) is 89.8 Å². The Labute approximate surface area is 194 Å². The van der Waals surface area contributed by atoms with Crippen LogP contribution in [0, 0.1) is 17.2 Å². The van der Waals surface area contributed by atoms with Gasteiger partial charge < -0.3 is 5.32 Å². The molecule has 0 aromatic heterocycles. The van der Waals surface area contributed by atoms with E-state index >= 15 is 0 Å². The predicted octanol–water partition coefficient (Wildman–Crippen LogP) is 3.86. The molecule has 1 fully saturated rings. The summed E-state index contributed by atoms with van der Waals surface area (Å²) in [6, 6.07) is 27.3. The van der Waals surface area contributed by atoms with Gasteiger partial charge in [-0.3, -0.25) is 4.79 Å². The molecule has 3 aromatic carbocycles. The predicted molar refractivity (Wildman–Crippen MR) is 126 cm³/mol. The monoisotopic (exact) mass is 459 g/mol. The van der Waals surface area contributed by atoms with Gasteiger partial charge >= 0.3 is 0 Å². The van der Waals surface area contributed by atoms with Crippen LogP contribution in [0.25, 0.3) is 0 Å². The molecule has 0 atom stereocenters. The second-order valence-corrected chi connectivity index (χ2v) is 10.0. The molecular weight excluding hydrogens is 434 g/mol. The zero-order valence-corrected chi connectivity index (χ0v) is 18.9. The van der Waals surface area contributed by atoms with E-state index < -0.39 is 10.0 Å². The normalized spacial score (nSPS) is 15.2. The minimum atomic E-state index is -3.65. The number of rotatable bonds is 6. The van der Waals surface area contributed by atoms with Crippen LogP contribution in [0.5, 0.6) is 0 Å². The smallest absolute Gasteiger partial charge is 0.243 e. The Morgan fingerprint density at radius 3 is 1.88 bits per heavy atom. The third-order valence-corrected chi connectivity index (χ3v) is 7.91. The topological polar surface area (TPSA) is 90.3 Å². The van der Waals surface area contributed by atoms with Crippen molar-refractivity contribution < 1.29 is 13.2 Å². The summed E-state index contributed by atoms with van der Waals surface area (Å²) in [5, 5.41) is 12.1. The maximum absolute atomic E-state index is 13.1. The quantitative estimate of drug-likeness (QED) is 0.606. The first kappa shape index (κ1) is 22.7. The number of amides is 1. The zero-order chi connectivity index (χ0) is 23.3. The molecule has 4 rings (SSSR count). The van der Waals surface area contributed by atoms with Crippen molar-refractivity contribution in [1.82, 2.24) is 9.62 Å². The van der Waals surface area contributed by atoms with Gasteiger partial charge in [-0.1, -0.05) is 60.7 Å². The number of hydrogen-bond acceptors (Lipinski definition) is 4. The first-order valence-corrected chi connectivity index (χ1v) is 12.3. The molecule has 0 aliphatic carbocycles. The lowest BCUT2D eigenvalue weighted by molar-refractivity contribution is -0.126. The molecular formula is C26H25N3O3S. The molecule has 1 heterocycles. The van der Waals surface area contributed by atoms with Crippen molar-refractivity contribution in [2.75, 3.05) is 13.1 Å². The van der Waals surface area contributed by atoms with Crippen molar-refractivity contribution in [2.24, 2.45) is 5.92 Å². The molecule has 0 saturated carbocycles. The van der Waals surface area contributed by atoms with E-state index in [0.29, 0.717) is 18.4 Å². The Morgan fingerprint density at radius 2 is 1.39 bits per heavy atom. The summed E-state index contributed by atoms with van der Waals surface area (Å²) in [7, 11) is -3.65. The molecule has 0 unspecified atom stereocenters. The molecule has 1 aliphatic rings. The van der Waals surface area contributed by atoms with Crippen molar-refractivity contribution >= 4 is 15.9 Å². The number of nitrogens with one attached hydrogen (secondary N) is 1. The minimum Gasteiger partial charge on any atom is -0.345 e. The van der Waals surface area contributed by atoms with Gasteiger partial charge in [0.1, 0.15) is 0 Å². The van der Waals surface area contributed by atoms with Crippen LogP contribution in [-0.2, 0) is 14.8 Å². The number of carbonyl (C=O) groups excluding carboxylic acids is 1. The van der Waals surface area contributed by atoms with Gasteiger partial charge in [0.25, 0.3) is 0 Å². The van der Waals surface area contributed by atoms with Crippen molar-refractivity contribution in [2.45, 2.75) is 23.8 Å². The van der Waals surface area contributed by atoms with Crippen molar-refractivity contribution in [3.63, 3.8) is 0 Å². The van der Waals surface area contributed by atoms with Gasteiger partial charge in [0.05, 0.1) is 22.6 Å². The van der Waals surface area contributed by atoms with Gasteiger partial charge in [0.15, 0.2) is 0 Å². The van der Waals surface area contributed by atoms with Gasteiger partial charge in [-0.05, 0) is 48.2 Å². The number of hydrogen-bond donors (Lipinski definition) is 1. The standard InChI is InChI=1S/C26H25N3O3S/c27-19-20-11-13-24(14-12-20)33(31,32)29-17-15-23(16-18-29)26(30)28-25(21-7-3-1-4-8-21)22-9-5-2-6-10-22/h1-14,23,25H,15-18H2,(H,28,30). The third kappa shape index (κ3) is 5.14. The van der Waals surface area contributed by atoms with Crippen molar-refractivity contribution in [3.8, 4) is 6.07 Å². The second kappa shape index (κ2) is 9.99. The molecule has 7 heteroatoms. The van der Waals surface area contributed by atoms with E-state index in [1.165, 1.54) is 28.6 Å². The molecule has 0 radical (unpaired) electrons.